The number of Topliss-reactive ketones (excluding diaryl/α,β-unsaturated/α-hetero) is 1. The van der Waals surface area contributed by atoms with Crippen molar-refractivity contribution in [3.8, 4) is 11.8 Å². The fraction of sp³-hybridized carbons (Fsp3) is 0.333. The van der Waals surface area contributed by atoms with Gasteiger partial charge in [-0.1, -0.05) is 12.0 Å². The van der Waals surface area contributed by atoms with Gasteiger partial charge in [0.1, 0.15) is 5.82 Å². The second kappa shape index (κ2) is 8.63. The molecule has 1 atom stereocenters. The first-order valence-corrected chi connectivity index (χ1v) is 7.36. The second-order valence-electron chi connectivity index (χ2n) is 5.34. The summed E-state index contributed by atoms with van der Waals surface area (Å²) >= 11 is 0. The van der Waals surface area contributed by atoms with Gasteiger partial charge in [-0.15, -0.1) is 6.58 Å². The van der Waals surface area contributed by atoms with Gasteiger partial charge in [-0.25, -0.2) is 9.18 Å². The van der Waals surface area contributed by atoms with Gasteiger partial charge in [0.2, 0.25) is 11.3 Å². The van der Waals surface area contributed by atoms with Crippen LogP contribution in [0.4, 0.5) is 17.6 Å². The number of methoxy groups -OCH3 is 1. The van der Waals surface area contributed by atoms with E-state index in [0.717, 1.165) is 32.4 Å². The minimum atomic E-state index is -4.95. The predicted octanol–water partition coefficient (Wildman–Crippen LogP) is 2.99. The van der Waals surface area contributed by atoms with E-state index in [1.54, 1.807) is 0 Å². The molecule has 140 valence electrons. The SMILES string of the molecule is C=CCC(C(=O)OC)(N(C)CC#CC(=O)c1ccc(F)cc1)C(F)(F)F. The lowest BCUT2D eigenvalue weighted by atomic mass is 9.92. The number of rotatable bonds is 6. The van der Waals surface area contributed by atoms with Gasteiger partial charge in [0, 0.05) is 12.0 Å². The zero-order chi connectivity index (χ0) is 20.0. The first-order chi connectivity index (χ1) is 12.1. The average molecular weight is 371 g/mol. The summed E-state index contributed by atoms with van der Waals surface area (Å²) < 4.78 is 57.9. The van der Waals surface area contributed by atoms with Gasteiger partial charge in [-0.3, -0.25) is 9.69 Å². The number of carbonyl (C=O) groups is 2. The Morgan fingerprint density at radius 1 is 1.27 bits per heavy atom. The van der Waals surface area contributed by atoms with E-state index < -0.39 is 42.3 Å². The number of esters is 1. The Bertz CT molecular complexity index is 732. The highest BCUT2D eigenvalue weighted by Crippen LogP contribution is 2.39. The summed E-state index contributed by atoms with van der Waals surface area (Å²) in [5.74, 6) is 1.76. The number of ketones is 1. The minimum Gasteiger partial charge on any atom is -0.467 e. The molecule has 0 aliphatic rings. The second-order valence-corrected chi connectivity index (χ2v) is 5.34. The van der Waals surface area contributed by atoms with Gasteiger partial charge in [-0.2, -0.15) is 13.2 Å². The molecule has 0 aromatic heterocycles. The van der Waals surface area contributed by atoms with Crippen molar-refractivity contribution in [3.05, 3.63) is 48.3 Å². The van der Waals surface area contributed by atoms with Crippen LogP contribution in [-0.4, -0.2) is 49.1 Å². The van der Waals surface area contributed by atoms with Gasteiger partial charge in [0.15, 0.2) is 0 Å². The van der Waals surface area contributed by atoms with Gasteiger partial charge in [0.05, 0.1) is 13.7 Å². The van der Waals surface area contributed by atoms with Crippen molar-refractivity contribution in [1.29, 1.82) is 0 Å². The molecular weight excluding hydrogens is 354 g/mol. The molecule has 26 heavy (non-hydrogen) atoms. The van der Waals surface area contributed by atoms with E-state index in [9.17, 15) is 27.2 Å². The zero-order valence-corrected chi connectivity index (χ0v) is 14.2. The van der Waals surface area contributed by atoms with Crippen LogP contribution in [0.5, 0.6) is 0 Å². The van der Waals surface area contributed by atoms with Crippen LogP contribution < -0.4 is 0 Å². The van der Waals surface area contributed by atoms with Crippen LogP contribution in [0.15, 0.2) is 36.9 Å². The van der Waals surface area contributed by atoms with Crippen molar-refractivity contribution in [2.45, 2.75) is 18.1 Å². The fourth-order valence-corrected chi connectivity index (χ4v) is 2.27. The monoisotopic (exact) mass is 371 g/mol. The summed E-state index contributed by atoms with van der Waals surface area (Å²) in [4.78, 5) is 24.4. The average Bonchev–Trinajstić information content (AvgIpc) is 2.58. The normalized spacial score (nSPS) is 13.3. The maximum Gasteiger partial charge on any atom is 0.417 e. The van der Waals surface area contributed by atoms with Crippen molar-refractivity contribution in [2.75, 3.05) is 20.7 Å². The van der Waals surface area contributed by atoms with Crippen molar-refractivity contribution in [1.82, 2.24) is 4.90 Å². The van der Waals surface area contributed by atoms with E-state index in [1.807, 2.05) is 0 Å². The molecule has 0 bridgehead atoms. The molecule has 0 saturated heterocycles. The summed E-state index contributed by atoms with van der Waals surface area (Å²) in [5.41, 5.74) is -2.86. The number of hydrogen-bond acceptors (Lipinski definition) is 4. The number of nitrogens with zero attached hydrogens (tertiary/aromatic N) is 1. The molecule has 0 N–H and O–H groups in total. The van der Waals surface area contributed by atoms with Gasteiger partial charge < -0.3 is 4.74 Å². The lowest BCUT2D eigenvalue weighted by Gasteiger charge is -2.38. The highest BCUT2D eigenvalue weighted by Gasteiger charge is 2.63. The first-order valence-electron chi connectivity index (χ1n) is 7.36. The minimum absolute atomic E-state index is 0.0997. The molecule has 8 heteroatoms. The largest absolute Gasteiger partial charge is 0.467 e. The van der Waals surface area contributed by atoms with E-state index in [4.69, 9.17) is 0 Å². The third-order valence-corrected chi connectivity index (χ3v) is 3.71. The van der Waals surface area contributed by atoms with Crippen LogP contribution in [0.25, 0.3) is 0 Å². The van der Waals surface area contributed by atoms with Crippen LogP contribution in [0.2, 0.25) is 0 Å². The number of halogens is 4. The lowest BCUT2D eigenvalue weighted by molar-refractivity contribution is -0.234. The number of ether oxygens (including phenoxy) is 1. The fourth-order valence-electron chi connectivity index (χ4n) is 2.27. The van der Waals surface area contributed by atoms with Gasteiger partial charge in [-0.05, 0) is 37.2 Å². The Morgan fingerprint density at radius 3 is 2.31 bits per heavy atom. The number of alkyl halides is 3. The Hall–Kier alpha value is -2.66. The van der Waals surface area contributed by atoms with Gasteiger partial charge in [0.25, 0.3) is 0 Å². The molecule has 1 aromatic carbocycles. The summed E-state index contributed by atoms with van der Waals surface area (Å²) in [6, 6.07) is 4.55. The zero-order valence-electron chi connectivity index (χ0n) is 14.2. The Balaban J connectivity index is 3.06. The summed E-state index contributed by atoms with van der Waals surface area (Å²) in [6.07, 6.45) is -4.74. The van der Waals surface area contributed by atoms with E-state index >= 15 is 0 Å². The molecule has 0 amide bonds. The molecule has 0 aliphatic heterocycles. The molecule has 0 fully saturated rings. The summed E-state index contributed by atoms with van der Waals surface area (Å²) in [6.45, 7) is 2.73. The van der Waals surface area contributed by atoms with E-state index in [1.165, 1.54) is 12.1 Å². The molecule has 0 heterocycles. The Kier molecular flexibility index (Phi) is 7.10. The maximum absolute atomic E-state index is 13.6. The third-order valence-electron chi connectivity index (χ3n) is 3.71. The highest BCUT2D eigenvalue weighted by molar-refractivity contribution is 6.08. The molecule has 0 saturated carbocycles. The van der Waals surface area contributed by atoms with Crippen LogP contribution in [-0.2, 0) is 9.53 Å². The van der Waals surface area contributed by atoms with Crippen molar-refractivity contribution < 1.29 is 31.9 Å². The number of likely N-dealkylation sites (N-methyl/N-ethyl adjacent to an activating group) is 1. The molecule has 0 radical (unpaired) electrons. The highest BCUT2D eigenvalue weighted by atomic mass is 19.4. The van der Waals surface area contributed by atoms with Crippen molar-refractivity contribution in [2.24, 2.45) is 0 Å². The topological polar surface area (TPSA) is 46.6 Å². The van der Waals surface area contributed by atoms with Crippen LogP contribution in [0.3, 0.4) is 0 Å². The number of carbonyl (C=O) groups excluding carboxylic acids is 2. The van der Waals surface area contributed by atoms with E-state index in [0.29, 0.717) is 4.90 Å². The quantitative estimate of drug-likeness (QED) is 0.193. The van der Waals surface area contributed by atoms with Crippen LogP contribution in [0, 0.1) is 17.7 Å². The van der Waals surface area contributed by atoms with Crippen LogP contribution >= 0.6 is 0 Å². The lowest BCUT2D eigenvalue weighted by Crippen LogP contribution is -2.63. The molecule has 0 spiro atoms. The predicted molar refractivity (Wildman–Crippen MR) is 86.8 cm³/mol. The van der Waals surface area contributed by atoms with E-state index in [2.05, 4.69) is 23.2 Å². The molecule has 1 rings (SSSR count). The summed E-state index contributed by atoms with van der Waals surface area (Å²) in [5, 5.41) is 0. The van der Waals surface area contributed by atoms with Crippen LogP contribution in [0.1, 0.15) is 16.8 Å². The summed E-state index contributed by atoms with van der Waals surface area (Å²) in [7, 11) is 1.90. The third kappa shape index (κ3) is 4.49. The smallest absolute Gasteiger partial charge is 0.417 e. The Morgan fingerprint density at radius 2 is 1.85 bits per heavy atom. The van der Waals surface area contributed by atoms with Crippen molar-refractivity contribution >= 4 is 11.8 Å². The first kappa shape index (κ1) is 21.4. The molecular formula is C18H17F4NO3. The van der Waals surface area contributed by atoms with Gasteiger partial charge >= 0.3 is 12.1 Å². The molecule has 0 aliphatic carbocycles. The number of hydrogen-bond donors (Lipinski definition) is 0. The molecule has 4 nitrogen and oxygen atoms in total. The molecule has 1 unspecified atom stereocenters. The maximum atomic E-state index is 13.6. The van der Waals surface area contributed by atoms with Crippen molar-refractivity contribution in [3.63, 3.8) is 0 Å². The number of benzene rings is 1. The standard InChI is InChI=1S/C18H17F4NO3/c1-4-11-17(16(25)26-3,18(20,21)22)23(2)12-5-6-15(24)13-7-9-14(19)10-8-13/h4,7-10H,1,11-12H2,2-3H3. The van der Waals surface area contributed by atoms with E-state index in [-0.39, 0.29) is 5.56 Å². The molecule has 1 aromatic rings. The Labute approximate surface area is 148 Å².